The smallest absolute Gasteiger partial charge is 0.715 e. The Kier molecular flexibility index (Phi) is 68.7. The van der Waals surface area contributed by atoms with Crippen molar-refractivity contribution in [2.45, 2.75) is 0 Å². The van der Waals surface area contributed by atoms with Crippen LogP contribution in [0.1, 0.15) is 0 Å². The first-order valence-corrected chi connectivity index (χ1v) is 1.63. The molecule has 0 aliphatic heterocycles. The topological polar surface area (TPSA) is 14.1 Å². The summed E-state index contributed by atoms with van der Waals surface area (Å²) in [5.41, 5.74) is 0. The van der Waals surface area contributed by atoms with Crippen LogP contribution in [0.2, 0.25) is 0 Å². The average molecular weight is 320 g/mol. The Morgan fingerprint density at radius 1 is 1.12 bits per heavy atom. The van der Waals surface area contributed by atoms with E-state index in [1.807, 2.05) is 0 Å². The van der Waals surface area contributed by atoms with Crippen LogP contribution in [0.3, 0.4) is 0 Å². The van der Waals surface area contributed by atoms with E-state index in [1.165, 1.54) is 0 Å². The minimum Gasteiger partial charge on any atom is -0.715 e. The van der Waals surface area contributed by atoms with Crippen LogP contribution >= 0.6 is 0 Å². The summed E-state index contributed by atoms with van der Waals surface area (Å²) in [7, 11) is 0. The van der Waals surface area contributed by atoms with Crippen LogP contribution in [-0.2, 0) is 39.6 Å². The second-order valence-electron chi connectivity index (χ2n) is 0.671. The minimum absolute atomic E-state index is 0. The van der Waals surface area contributed by atoms with E-state index in [0.29, 0.717) is 13.1 Å². The minimum atomic E-state index is 0. The van der Waals surface area contributed by atoms with Crippen LogP contribution in [0, 0.1) is 21.3 Å². The molecule has 0 unspecified atom stereocenters. The predicted octanol–water partition coefficient (Wildman–Crippen LogP) is 1.47. The maximum Gasteiger partial charge on any atom is 2.00 e. The monoisotopic (exact) mass is 320 g/mol. The number of hydrogen-bond donors (Lipinski definition) is 0. The SMILES string of the molecule is [CH2-]C[N-]C[CH2-].[CH3-].[V+2].[W+2]. The Balaban J connectivity index is -0.0000000267. The van der Waals surface area contributed by atoms with Gasteiger partial charge in [0, 0.05) is 0 Å². The van der Waals surface area contributed by atoms with Gasteiger partial charge >= 0.3 is 39.6 Å². The summed E-state index contributed by atoms with van der Waals surface area (Å²) in [6, 6.07) is 0. The van der Waals surface area contributed by atoms with Gasteiger partial charge in [-0.25, -0.2) is 0 Å². The van der Waals surface area contributed by atoms with Crippen molar-refractivity contribution >= 4 is 0 Å². The third kappa shape index (κ3) is 26.9. The Hall–Kier alpha value is 1.23. The number of hydrogen-bond acceptors (Lipinski definition) is 0. The van der Waals surface area contributed by atoms with Gasteiger partial charge in [0.25, 0.3) is 0 Å². The van der Waals surface area contributed by atoms with Crippen molar-refractivity contribution in [3.05, 3.63) is 26.6 Å². The van der Waals surface area contributed by atoms with E-state index in [9.17, 15) is 0 Å². The molecule has 0 heterocycles. The summed E-state index contributed by atoms with van der Waals surface area (Å²) in [6.07, 6.45) is 0. The molecule has 47 valence electrons. The molecule has 0 N–H and O–H groups in total. The summed E-state index contributed by atoms with van der Waals surface area (Å²) in [4.78, 5) is 0. The Morgan fingerprint density at radius 3 is 1.38 bits per heavy atom. The largest absolute Gasteiger partial charge is 2.00 e. The van der Waals surface area contributed by atoms with Crippen molar-refractivity contribution in [3.8, 4) is 0 Å². The third-order valence-electron chi connectivity index (χ3n) is 0.316. The quantitative estimate of drug-likeness (QED) is 0.685. The summed E-state index contributed by atoms with van der Waals surface area (Å²) < 4.78 is 0. The normalized spacial score (nSPS) is 5.25. The van der Waals surface area contributed by atoms with Crippen LogP contribution in [0.15, 0.2) is 0 Å². The van der Waals surface area contributed by atoms with E-state index in [4.69, 9.17) is 0 Å². The number of nitrogens with zero attached hydrogens (tertiary/aromatic N) is 1. The van der Waals surface area contributed by atoms with Gasteiger partial charge in [0.15, 0.2) is 0 Å². The van der Waals surface area contributed by atoms with Crippen LogP contribution in [-0.4, -0.2) is 13.1 Å². The van der Waals surface area contributed by atoms with Crippen LogP contribution < -0.4 is 0 Å². The molecular weight excluding hydrogens is 309 g/mol. The molecule has 0 saturated carbocycles. The second-order valence-corrected chi connectivity index (χ2v) is 0.671. The van der Waals surface area contributed by atoms with E-state index in [1.54, 1.807) is 0 Å². The maximum atomic E-state index is 3.75. The molecule has 0 rings (SSSR count). The van der Waals surface area contributed by atoms with E-state index in [-0.39, 0.29) is 47.0 Å². The molecular formula is C5H11NVW. The van der Waals surface area contributed by atoms with Gasteiger partial charge in [-0.15, -0.1) is 0 Å². The molecule has 0 aromatic rings. The van der Waals surface area contributed by atoms with Gasteiger partial charge in [0.2, 0.25) is 0 Å². The predicted molar refractivity (Wildman–Crippen MR) is 30.2 cm³/mol. The molecule has 0 spiro atoms. The van der Waals surface area contributed by atoms with Gasteiger partial charge in [0.05, 0.1) is 0 Å². The molecule has 0 aliphatic carbocycles. The van der Waals surface area contributed by atoms with Gasteiger partial charge in [-0.3, -0.25) is 13.1 Å². The molecule has 0 aliphatic rings. The standard InChI is InChI=1S/C4H8N.CH3.V.W/c1-3-5-4-2;;;/h1-4H2;1H3;;/q-3;-1;2*+2. The molecule has 8 heavy (non-hydrogen) atoms. The average Bonchev–Trinajstić information content (AvgIpc) is 1.41. The van der Waals surface area contributed by atoms with Gasteiger partial charge in [0.1, 0.15) is 0 Å². The van der Waals surface area contributed by atoms with Crippen LogP contribution in [0.25, 0.3) is 5.32 Å². The molecule has 0 aromatic heterocycles. The van der Waals surface area contributed by atoms with Crippen molar-refractivity contribution in [2.24, 2.45) is 0 Å². The first-order valence-electron chi connectivity index (χ1n) is 1.63. The number of rotatable bonds is 2. The fraction of sp³-hybridized carbons (Fsp3) is 0.400. The van der Waals surface area contributed by atoms with Crippen LogP contribution in [0.4, 0.5) is 0 Å². The molecule has 1 nitrogen and oxygen atoms in total. The fourth-order valence-electron chi connectivity index (χ4n) is 0.112. The van der Waals surface area contributed by atoms with E-state index >= 15 is 0 Å². The van der Waals surface area contributed by atoms with E-state index in [2.05, 4.69) is 19.2 Å². The van der Waals surface area contributed by atoms with Crippen molar-refractivity contribution in [1.82, 2.24) is 0 Å². The molecule has 0 fully saturated rings. The van der Waals surface area contributed by atoms with Gasteiger partial charge in [-0.1, -0.05) is 0 Å². The van der Waals surface area contributed by atoms with Crippen molar-refractivity contribution < 1.29 is 39.6 Å². The first-order chi connectivity index (χ1) is 2.41. The molecule has 3 heteroatoms. The Morgan fingerprint density at radius 2 is 1.38 bits per heavy atom. The van der Waals surface area contributed by atoms with Crippen molar-refractivity contribution in [2.75, 3.05) is 13.1 Å². The fourth-order valence-corrected chi connectivity index (χ4v) is 0.112. The maximum absolute atomic E-state index is 3.75. The van der Waals surface area contributed by atoms with E-state index in [0.717, 1.165) is 0 Å². The van der Waals surface area contributed by atoms with Crippen molar-refractivity contribution in [1.29, 1.82) is 0 Å². The zero-order valence-electron chi connectivity index (χ0n) is 5.13. The zero-order chi connectivity index (χ0) is 4.12. The molecule has 0 aromatic carbocycles. The molecule has 0 bridgehead atoms. The molecule has 0 amide bonds. The van der Waals surface area contributed by atoms with Crippen LogP contribution in [0.5, 0.6) is 0 Å². The Bertz CT molecular complexity index is 19.9. The van der Waals surface area contributed by atoms with E-state index < -0.39 is 0 Å². The van der Waals surface area contributed by atoms with Crippen molar-refractivity contribution in [3.63, 3.8) is 0 Å². The summed E-state index contributed by atoms with van der Waals surface area (Å²) >= 11 is 0. The van der Waals surface area contributed by atoms with Gasteiger partial charge in [-0.05, 0) is 0 Å². The first kappa shape index (κ1) is 22.9. The summed E-state index contributed by atoms with van der Waals surface area (Å²) in [6.45, 7) is 8.25. The third-order valence-corrected chi connectivity index (χ3v) is 0.316. The summed E-state index contributed by atoms with van der Waals surface area (Å²) in [5.74, 6) is 0. The van der Waals surface area contributed by atoms with Gasteiger partial charge in [-0.2, -0.15) is 0 Å². The Labute approximate surface area is 79.2 Å². The molecule has 0 saturated heterocycles. The molecule has 0 atom stereocenters. The molecule has 1 radical (unpaired) electrons. The zero-order valence-corrected chi connectivity index (χ0v) is 9.46. The van der Waals surface area contributed by atoms with Gasteiger partial charge < -0.3 is 26.6 Å². The summed E-state index contributed by atoms with van der Waals surface area (Å²) in [5, 5.41) is 3.75. The second kappa shape index (κ2) is 24.0.